The number of imidazole rings is 1. The van der Waals surface area contributed by atoms with Crippen molar-refractivity contribution in [1.29, 1.82) is 0 Å². The Morgan fingerprint density at radius 2 is 1.88 bits per heavy atom. The van der Waals surface area contributed by atoms with E-state index in [0.717, 1.165) is 36.5 Å². The third kappa shape index (κ3) is 3.03. The number of carbonyl (C=O) groups excluding carboxylic acids is 1. The number of aryl methyl sites for hydroxylation is 1. The molecule has 1 aromatic carbocycles. The van der Waals surface area contributed by atoms with Gasteiger partial charge in [0.1, 0.15) is 6.33 Å². The molecule has 0 atom stereocenters. The number of hydrogen-bond acceptors (Lipinski definition) is 6. The molecule has 0 unspecified atom stereocenters. The van der Waals surface area contributed by atoms with Gasteiger partial charge in [0.15, 0.2) is 17.0 Å². The van der Waals surface area contributed by atoms with Gasteiger partial charge in [-0.2, -0.15) is 0 Å². The summed E-state index contributed by atoms with van der Waals surface area (Å²) < 4.78 is 28.3. The van der Waals surface area contributed by atoms with Crippen molar-refractivity contribution in [3.63, 3.8) is 0 Å². The topological polar surface area (TPSA) is 79.5 Å². The Kier molecular flexibility index (Phi) is 4.30. The monoisotopic (exact) mass is 451 g/mol. The average molecular weight is 451 g/mol. The number of hydrogen-bond donors (Lipinski definition) is 0. The third-order valence-electron chi connectivity index (χ3n) is 7.00. The molecule has 170 valence electrons. The maximum absolute atomic E-state index is 13.3. The fraction of sp³-hybridized carbons (Fsp3) is 0.435. The number of carbonyl (C=O) groups is 1. The van der Waals surface area contributed by atoms with Gasteiger partial charge in [0.05, 0.1) is 18.8 Å². The first-order valence-electron chi connectivity index (χ1n) is 11.2. The Balaban J connectivity index is 1.30. The molecule has 2 fully saturated rings. The lowest BCUT2D eigenvalue weighted by Gasteiger charge is -2.38. The van der Waals surface area contributed by atoms with Gasteiger partial charge in [0.2, 0.25) is 5.82 Å². The summed E-state index contributed by atoms with van der Waals surface area (Å²) in [4.78, 5) is 34.2. The van der Waals surface area contributed by atoms with Crippen LogP contribution in [-0.2, 0) is 12.0 Å². The van der Waals surface area contributed by atoms with E-state index in [9.17, 15) is 13.6 Å². The van der Waals surface area contributed by atoms with E-state index in [4.69, 9.17) is 0 Å². The van der Waals surface area contributed by atoms with Crippen LogP contribution >= 0.6 is 0 Å². The quantitative estimate of drug-likeness (QED) is 0.611. The summed E-state index contributed by atoms with van der Waals surface area (Å²) in [5, 5.41) is 0. The Morgan fingerprint density at radius 1 is 1.12 bits per heavy atom. The number of anilines is 1. The first-order chi connectivity index (χ1) is 15.9. The van der Waals surface area contributed by atoms with Gasteiger partial charge in [-0.05, 0) is 31.4 Å². The van der Waals surface area contributed by atoms with Crippen LogP contribution in [-0.4, -0.2) is 68.6 Å². The Bertz CT molecular complexity index is 1290. The van der Waals surface area contributed by atoms with E-state index in [1.54, 1.807) is 4.57 Å². The molecule has 1 spiro atoms. The second-order valence-electron chi connectivity index (χ2n) is 8.98. The number of benzene rings is 1. The number of likely N-dealkylation sites (tertiary alicyclic amines) is 1. The van der Waals surface area contributed by atoms with Crippen LogP contribution in [0.1, 0.15) is 35.9 Å². The lowest BCUT2D eigenvalue weighted by Crippen LogP contribution is -2.58. The van der Waals surface area contributed by atoms with E-state index in [1.807, 2.05) is 19.1 Å². The lowest BCUT2D eigenvalue weighted by atomic mass is 9.74. The molecule has 0 bridgehead atoms. The predicted octanol–water partition coefficient (Wildman–Crippen LogP) is 3.19. The highest BCUT2D eigenvalue weighted by molar-refractivity contribution is 5.97. The fourth-order valence-corrected chi connectivity index (χ4v) is 5.20. The highest BCUT2D eigenvalue weighted by Gasteiger charge is 2.47. The molecule has 6 rings (SSSR count). The van der Waals surface area contributed by atoms with Crippen LogP contribution in [0.4, 0.5) is 20.3 Å². The molecule has 33 heavy (non-hydrogen) atoms. The lowest BCUT2D eigenvalue weighted by molar-refractivity contribution is -0.113. The number of alkyl halides is 2. The molecule has 2 aromatic heterocycles. The first kappa shape index (κ1) is 20.2. The van der Waals surface area contributed by atoms with Gasteiger partial charge in [-0.25, -0.2) is 23.7 Å². The zero-order valence-corrected chi connectivity index (χ0v) is 18.2. The van der Waals surface area contributed by atoms with Crippen molar-refractivity contribution in [1.82, 2.24) is 24.4 Å². The van der Waals surface area contributed by atoms with Gasteiger partial charge in [0, 0.05) is 31.3 Å². The summed E-state index contributed by atoms with van der Waals surface area (Å²) in [7, 11) is 0. The summed E-state index contributed by atoms with van der Waals surface area (Å²) in [5.74, 6) is -2.51. The van der Waals surface area contributed by atoms with Crippen molar-refractivity contribution < 1.29 is 13.6 Å². The molecule has 5 heterocycles. The fourth-order valence-electron chi connectivity index (χ4n) is 5.20. The van der Waals surface area contributed by atoms with E-state index in [2.05, 4.69) is 43.2 Å². The maximum atomic E-state index is 13.3. The molecule has 0 N–H and O–H groups in total. The molecule has 1 amide bonds. The van der Waals surface area contributed by atoms with E-state index >= 15 is 0 Å². The average Bonchev–Trinajstić information content (AvgIpc) is 3.36. The highest BCUT2D eigenvalue weighted by atomic mass is 19.3. The molecule has 3 aliphatic rings. The van der Waals surface area contributed by atoms with E-state index in [-0.39, 0.29) is 11.2 Å². The molecule has 2 saturated heterocycles. The SMILES string of the molecule is CCn1c(C(=O)N2CC(F)(F)C2)nc2c(N3CCC4(C=Nc5ccccc54)CC3)ncnc21. The Morgan fingerprint density at radius 3 is 2.61 bits per heavy atom. The predicted molar refractivity (Wildman–Crippen MR) is 120 cm³/mol. The molecule has 0 radical (unpaired) electrons. The van der Waals surface area contributed by atoms with Crippen molar-refractivity contribution in [2.24, 2.45) is 4.99 Å². The van der Waals surface area contributed by atoms with Gasteiger partial charge in [0.25, 0.3) is 11.8 Å². The van der Waals surface area contributed by atoms with Gasteiger partial charge >= 0.3 is 0 Å². The van der Waals surface area contributed by atoms with Crippen molar-refractivity contribution in [3.8, 4) is 0 Å². The minimum absolute atomic E-state index is 0.0636. The van der Waals surface area contributed by atoms with Crippen molar-refractivity contribution in [2.45, 2.75) is 37.6 Å². The zero-order chi connectivity index (χ0) is 22.8. The van der Waals surface area contributed by atoms with Crippen molar-refractivity contribution in [2.75, 3.05) is 31.1 Å². The first-order valence-corrected chi connectivity index (χ1v) is 11.2. The Hall–Kier alpha value is -3.43. The molecule has 10 heteroatoms. The van der Waals surface area contributed by atoms with Crippen LogP contribution in [0.15, 0.2) is 35.6 Å². The third-order valence-corrected chi connectivity index (χ3v) is 7.00. The van der Waals surface area contributed by atoms with Crippen molar-refractivity contribution >= 4 is 34.8 Å². The summed E-state index contributed by atoms with van der Waals surface area (Å²) in [6.45, 7) is 2.70. The smallest absolute Gasteiger partial charge is 0.290 e. The van der Waals surface area contributed by atoms with Crippen LogP contribution < -0.4 is 4.90 Å². The van der Waals surface area contributed by atoms with Gasteiger partial charge in [-0.3, -0.25) is 9.79 Å². The molecular formula is C23H23F2N7O. The molecule has 0 saturated carbocycles. The number of halogens is 2. The molecule has 3 aromatic rings. The van der Waals surface area contributed by atoms with E-state index in [0.29, 0.717) is 23.5 Å². The maximum Gasteiger partial charge on any atom is 0.290 e. The highest BCUT2D eigenvalue weighted by Crippen LogP contribution is 2.44. The minimum Gasteiger partial charge on any atom is -0.355 e. The van der Waals surface area contributed by atoms with Crippen LogP contribution in [0.5, 0.6) is 0 Å². The van der Waals surface area contributed by atoms with Gasteiger partial charge in [-0.15, -0.1) is 0 Å². The number of fused-ring (bicyclic) bond motifs is 3. The zero-order valence-electron chi connectivity index (χ0n) is 18.2. The van der Waals surface area contributed by atoms with Crippen LogP contribution in [0.2, 0.25) is 0 Å². The number of rotatable bonds is 3. The minimum atomic E-state index is -2.82. The van der Waals surface area contributed by atoms with Crippen LogP contribution in [0.3, 0.4) is 0 Å². The summed E-state index contributed by atoms with van der Waals surface area (Å²) in [5.41, 5.74) is 3.33. The summed E-state index contributed by atoms with van der Waals surface area (Å²) >= 11 is 0. The summed E-state index contributed by atoms with van der Waals surface area (Å²) in [6, 6.07) is 8.26. The Labute approximate surface area is 189 Å². The van der Waals surface area contributed by atoms with E-state index < -0.39 is 24.9 Å². The standard InChI is InChI=1S/C23H23F2N7O/c1-2-32-19-17(29-20(32)21(33)31-12-23(24,25)13-31)18(27-14-28-19)30-9-7-22(8-10-30)11-26-16-6-4-3-5-15(16)22/h3-6,11,14H,2,7-10,12-13H2,1H3. The number of aliphatic imine (C=N–C) groups is 1. The largest absolute Gasteiger partial charge is 0.355 e. The molecule has 0 aliphatic carbocycles. The second kappa shape index (κ2) is 7.03. The second-order valence-corrected chi connectivity index (χ2v) is 8.98. The molecule has 8 nitrogen and oxygen atoms in total. The number of aromatic nitrogens is 4. The van der Waals surface area contributed by atoms with Crippen molar-refractivity contribution in [3.05, 3.63) is 42.0 Å². The number of nitrogens with zero attached hydrogens (tertiary/aromatic N) is 7. The molecule has 3 aliphatic heterocycles. The van der Waals surface area contributed by atoms with E-state index in [1.165, 1.54) is 11.9 Å². The molecular weight excluding hydrogens is 428 g/mol. The number of amides is 1. The summed E-state index contributed by atoms with van der Waals surface area (Å²) in [6.07, 6.45) is 5.34. The van der Waals surface area contributed by atoms with Crippen LogP contribution in [0, 0.1) is 0 Å². The van der Waals surface area contributed by atoms with Crippen LogP contribution in [0.25, 0.3) is 11.2 Å². The van der Waals surface area contributed by atoms with Gasteiger partial charge in [-0.1, -0.05) is 18.2 Å². The normalized spacial score (nSPS) is 20.3. The number of para-hydroxylation sites is 1. The van der Waals surface area contributed by atoms with Gasteiger partial charge < -0.3 is 14.4 Å². The number of piperidine rings is 1.